The molecule has 0 fully saturated rings. The highest BCUT2D eigenvalue weighted by molar-refractivity contribution is 5.80. The van der Waals surface area contributed by atoms with E-state index in [4.69, 9.17) is 0 Å². The highest BCUT2D eigenvalue weighted by Gasteiger charge is 2.17. The van der Waals surface area contributed by atoms with Crippen molar-refractivity contribution in [3.05, 3.63) is 70.1 Å². The lowest BCUT2D eigenvalue weighted by Crippen LogP contribution is -2.05. The molecule has 2 N–H and O–H groups in total. The maximum atomic E-state index is 12.1. The van der Waals surface area contributed by atoms with Gasteiger partial charge in [-0.2, -0.15) is 0 Å². The van der Waals surface area contributed by atoms with E-state index in [0.29, 0.717) is 0 Å². The zero-order valence-electron chi connectivity index (χ0n) is 12.8. The predicted octanol–water partition coefficient (Wildman–Crippen LogP) is 4.42. The standard InChI is InChI=1S/C16H16N2O.C2H6/c1-2-12(11-6-4-3-5-7-11)13-10-18-16-15(13)14(19)8-9-17-16;1-2/h3-10,12H,2H2,1H3,(H2,17,18,19);1-2H3. The molecule has 3 aromatic rings. The van der Waals surface area contributed by atoms with Gasteiger partial charge in [0.05, 0.1) is 5.39 Å². The number of aromatic nitrogens is 2. The van der Waals surface area contributed by atoms with E-state index >= 15 is 0 Å². The molecule has 1 aromatic carbocycles. The van der Waals surface area contributed by atoms with E-state index in [-0.39, 0.29) is 11.3 Å². The van der Waals surface area contributed by atoms with E-state index in [1.807, 2.05) is 38.2 Å². The molecule has 0 saturated carbocycles. The van der Waals surface area contributed by atoms with Crippen LogP contribution in [0.5, 0.6) is 0 Å². The van der Waals surface area contributed by atoms with E-state index in [9.17, 15) is 4.79 Å². The molecule has 21 heavy (non-hydrogen) atoms. The lowest BCUT2D eigenvalue weighted by atomic mass is 9.89. The van der Waals surface area contributed by atoms with Crippen LogP contribution in [0.4, 0.5) is 0 Å². The van der Waals surface area contributed by atoms with Gasteiger partial charge in [-0.25, -0.2) is 0 Å². The van der Waals surface area contributed by atoms with Gasteiger partial charge in [-0.1, -0.05) is 51.1 Å². The lowest BCUT2D eigenvalue weighted by molar-refractivity contribution is 0.783. The molecule has 0 radical (unpaired) electrons. The summed E-state index contributed by atoms with van der Waals surface area (Å²) in [4.78, 5) is 18.3. The van der Waals surface area contributed by atoms with Gasteiger partial charge >= 0.3 is 0 Å². The van der Waals surface area contributed by atoms with Gasteiger partial charge in [0.15, 0.2) is 5.43 Å². The third kappa shape index (κ3) is 2.92. The summed E-state index contributed by atoms with van der Waals surface area (Å²) in [6, 6.07) is 11.9. The molecule has 0 bridgehead atoms. The fourth-order valence-electron chi connectivity index (χ4n) is 2.70. The van der Waals surface area contributed by atoms with Crippen molar-refractivity contribution in [2.45, 2.75) is 33.1 Å². The van der Waals surface area contributed by atoms with Crippen LogP contribution in [0.2, 0.25) is 0 Å². The minimum absolute atomic E-state index is 0.0689. The lowest BCUT2D eigenvalue weighted by Gasteiger charge is -2.14. The first-order chi connectivity index (χ1) is 10.3. The Hall–Kier alpha value is -2.29. The molecule has 2 aromatic heterocycles. The molecule has 1 unspecified atom stereocenters. The van der Waals surface area contributed by atoms with Gasteiger partial charge in [0.2, 0.25) is 0 Å². The summed E-state index contributed by atoms with van der Waals surface area (Å²) >= 11 is 0. The summed E-state index contributed by atoms with van der Waals surface area (Å²) in [5.74, 6) is 0.249. The molecule has 0 aliphatic rings. The normalized spacial score (nSPS) is 11.8. The minimum atomic E-state index is 0.0689. The van der Waals surface area contributed by atoms with Crippen molar-refractivity contribution < 1.29 is 0 Å². The van der Waals surface area contributed by atoms with Crippen molar-refractivity contribution in [1.29, 1.82) is 0 Å². The summed E-state index contributed by atoms with van der Waals surface area (Å²) in [6.07, 6.45) is 4.59. The van der Waals surface area contributed by atoms with E-state index < -0.39 is 0 Å². The fraction of sp³-hybridized carbons (Fsp3) is 0.278. The van der Waals surface area contributed by atoms with Crippen LogP contribution in [0.3, 0.4) is 0 Å². The maximum Gasteiger partial charge on any atom is 0.191 e. The van der Waals surface area contributed by atoms with Crippen LogP contribution >= 0.6 is 0 Å². The minimum Gasteiger partial charge on any atom is -0.347 e. The third-order valence-corrected chi connectivity index (χ3v) is 3.61. The van der Waals surface area contributed by atoms with Crippen molar-refractivity contribution >= 4 is 11.0 Å². The molecule has 3 nitrogen and oxygen atoms in total. The number of hydrogen-bond acceptors (Lipinski definition) is 1. The number of rotatable bonds is 3. The highest BCUT2D eigenvalue weighted by atomic mass is 16.1. The van der Waals surface area contributed by atoms with Crippen molar-refractivity contribution in [2.75, 3.05) is 0 Å². The summed E-state index contributed by atoms with van der Waals surface area (Å²) in [7, 11) is 0. The Morgan fingerprint density at radius 3 is 2.43 bits per heavy atom. The topological polar surface area (TPSA) is 48.6 Å². The molecule has 2 heterocycles. The fourth-order valence-corrected chi connectivity index (χ4v) is 2.70. The van der Waals surface area contributed by atoms with Gasteiger partial charge in [-0.3, -0.25) is 4.79 Å². The highest BCUT2D eigenvalue weighted by Crippen LogP contribution is 2.30. The van der Waals surface area contributed by atoms with E-state index in [1.54, 1.807) is 12.3 Å². The average molecular weight is 282 g/mol. The van der Waals surface area contributed by atoms with E-state index in [1.165, 1.54) is 5.56 Å². The molecular formula is C18H22N2O. The van der Waals surface area contributed by atoms with Crippen molar-refractivity contribution in [1.82, 2.24) is 9.97 Å². The molecule has 0 amide bonds. The number of H-pyrrole nitrogens is 2. The Bertz CT molecular complexity index is 741. The van der Waals surface area contributed by atoms with Gasteiger partial charge in [0, 0.05) is 24.4 Å². The monoisotopic (exact) mass is 282 g/mol. The molecule has 1 atom stereocenters. The van der Waals surface area contributed by atoms with Crippen LogP contribution in [0.1, 0.15) is 44.2 Å². The molecule has 110 valence electrons. The SMILES string of the molecule is CC.CCC(c1ccccc1)c1c[nH]c2[nH]ccc(=O)c12. The van der Waals surface area contributed by atoms with Gasteiger partial charge < -0.3 is 9.97 Å². The van der Waals surface area contributed by atoms with Gasteiger partial charge in [-0.05, 0) is 17.5 Å². The number of nitrogens with one attached hydrogen (secondary N) is 2. The smallest absolute Gasteiger partial charge is 0.191 e. The number of hydrogen-bond donors (Lipinski definition) is 2. The van der Waals surface area contributed by atoms with Gasteiger partial charge in [-0.15, -0.1) is 0 Å². The quantitative estimate of drug-likeness (QED) is 0.733. The van der Waals surface area contributed by atoms with Crippen LogP contribution in [0.15, 0.2) is 53.6 Å². The first-order valence-corrected chi connectivity index (χ1v) is 7.55. The van der Waals surface area contributed by atoms with Crippen LogP contribution < -0.4 is 5.43 Å². The Kier molecular flexibility index (Phi) is 4.99. The first-order valence-electron chi connectivity index (χ1n) is 7.55. The number of benzene rings is 1. The van der Waals surface area contributed by atoms with Crippen molar-refractivity contribution in [3.8, 4) is 0 Å². The molecule has 0 aliphatic heterocycles. The first kappa shape index (κ1) is 15.1. The number of pyridine rings is 1. The van der Waals surface area contributed by atoms with Crippen LogP contribution in [0.25, 0.3) is 11.0 Å². The summed E-state index contributed by atoms with van der Waals surface area (Å²) in [5, 5.41) is 0.776. The zero-order chi connectivity index (χ0) is 15.2. The van der Waals surface area contributed by atoms with Gasteiger partial charge in [0.1, 0.15) is 5.65 Å². The molecule has 0 aliphatic carbocycles. The molecule has 3 rings (SSSR count). The van der Waals surface area contributed by atoms with Crippen LogP contribution in [0, 0.1) is 0 Å². The van der Waals surface area contributed by atoms with Crippen molar-refractivity contribution in [3.63, 3.8) is 0 Å². The largest absolute Gasteiger partial charge is 0.347 e. The van der Waals surface area contributed by atoms with Crippen LogP contribution in [-0.2, 0) is 0 Å². The summed E-state index contributed by atoms with van der Waals surface area (Å²) in [5.41, 5.74) is 3.19. The van der Waals surface area contributed by atoms with E-state index in [0.717, 1.165) is 23.0 Å². The second-order valence-electron chi connectivity index (χ2n) is 4.71. The Balaban J connectivity index is 0.000000774. The van der Waals surface area contributed by atoms with Crippen LogP contribution in [-0.4, -0.2) is 9.97 Å². The zero-order valence-corrected chi connectivity index (χ0v) is 12.8. The second-order valence-corrected chi connectivity index (χ2v) is 4.71. The average Bonchev–Trinajstić information content (AvgIpc) is 2.97. The number of fused-ring (bicyclic) bond motifs is 1. The molecule has 3 heteroatoms. The van der Waals surface area contributed by atoms with E-state index in [2.05, 4.69) is 29.0 Å². The number of aromatic amines is 2. The Morgan fingerprint density at radius 2 is 1.76 bits per heavy atom. The molecule has 0 saturated heterocycles. The van der Waals surface area contributed by atoms with Crippen molar-refractivity contribution in [2.24, 2.45) is 0 Å². The summed E-state index contributed by atoms with van der Waals surface area (Å²) in [6.45, 7) is 6.15. The molecular weight excluding hydrogens is 260 g/mol. The summed E-state index contributed by atoms with van der Waals surface area (Å²) < 4.78 is 0. The maximum absolute atomic E-state index is 12.1. The van der Waals surface area contributed by atoms with Gasteiger partial charge in [0.25, 0.3) is 0 Å². The third-order valence-electron chi connectivity index (χ3n) is 3.61. The predicted molar refractivity (Wildman–Crippen MR) is 88.8 cm³/mol. The second kappa shape index (κ2) is 6.93. The Labute approximate surface area is 125 Å². The molecule has 0 spiro atoms. The Morgan fingerprint density at radius 1 is 1.05 bits per heavy atom.